The van der Waals surface area contributed by atoms with E-state index < -0.39 is 20.9 Å². The molecule has 2 aromatic carbocycles. The first kappa shape index (κ1) is 22.7. The highest BCUT2D eigenvalue weighted by molar-refractivity contribution is 7.89. The molecule has 2 aromatic rings. The van der Waals surface area contributed by atoms with Crippen LogP contribution in [0.4, 0.5) is 11.4 Å². The number of nitro benzene ring substituents is 1. The molecular formula is C22H23N3O7S. The molecule has 0 bridgehead atoms. The normalized spacial score (nSPS) is 18.4. The number of hydrogen-bond acceptors (Lipinski definition) is 7. The zero-order valence-corrected chi connectivity index (χ0v) is 18.7. The third-order valence-corrected chi connectivity index (χ3v) is 7.39. The van der Waals surface area contributed by atoms with Gasteiger partial charge in [0.25, 0.3) is 5.69 Å². The number of nitrogens with zero attached hydrogens (tertiary/aromatic N) is 2. The van der Waals surface area contributed by atoms with Gasteiger partial charge in [-0.05, 0) is 55.2 Å². The molecule has 2 heterocycles. The van der Waals surface area contributed by atoms with Crippen molar-refractivity contribution in [1.82, 2.24) is 4.31 Å². The number of hydrogen-bond donors (Lipinski definition) is 1. The third-order valence-electron chi connectivity index (χ3n) is 5.51. The average Bonchev–Trinajstić information content (AvgIpc) is 3.25. The SMILES string of the molecule is CC1CCCN(S(=O)(=O)c2ccc(NC(=O)/C=C/c3cc4c(cc3[N+](=O)[O-])OCO4)cc2)C1. The van der Waals surface area contributed by atoms with E-state index in [2.05, 4.69) is 5.32 Å². The molecule has 1 saturated heterocycles. The van der Waals surface area contributed by atoms with Gasteiger partial charge < -0.3 is 14.8 Å². The van der Waals surface area contributed by atoms with Crippen LogP contribution in [-0.2, 0) is 14.8 Å². The average molecular weight is 474 g/mol. The van der Waals surface area contributed by atoms with E-state index in [0.29, 0.717) is 30.4 Å². The Labute approximate surface area is 191 Å². The van der Waals surface area contributed by atoms with E-state index in [9.17, 15) is 23.3 Å². The number of nitrogens with one attached hydrogen (secondary N) is 1. The third kappa shape index (κ3) is 4.99. The quantitative estimate of drug-likeness (QED) is 0.387. The standard InChI is InChI=1S/C22H23N3O7S/c1-15-3-2-10-24(13-15)33(29,30)18-7-5-17(6-8-18)23-22(26)9-4-16-11-20-21(32-14-31-20)12-19(16)25(27)28/h4-9,11-12,15H,2-3,10,13-14H2,1H3,(H,23,26)/b9-4+. The first-order valence-electron chi connectivity index (χ1n) is 10.4. The molecule has 4 rings (SSSR count). The smallest absolute Gasteiger partial charge is 0.280 e. The molecule has 1 fully saturated rings. The number of carbonyl (C=O) groups excluding carboxylic acids is 1. The summed E-state index contributed by atoms with van der Waals surface area (Å²) in [5, 5.41) is 13.9. The molecule has 0 saturated carbocycles. The van der Waals surface area contributed by atoms with Gasteiger partial charge in [-0.2, -0.15) is 4.31 Å². The fourth-order valence-corrected chi connectivity index (χ4v) is 5.41. The summed E-state index contributed by atoms with van der Waals surface area (Å²) in [6.45, 7) is 3.01. The minimum Gasteiger partial charge on any atom is -0.454 e. The van der Waals surface area contributed by atoms with Crippen LogP contribution in [0.15, 0.2) is 47.4 Å². The Morgan fingerprint density at radius 2 is 1.91 bits per heavy atom. The maximum atomic E-state index is 12.8. The minimum absolute atomic E-state index is 0.0252. The van der Waals surface area contributed by atoms with Gasteiger partial charge in [-0.25, -0.2) is 8.42 Å². The minimum atomic E-state index is -3.58. The zero-order valence-electron chi connectivity index (χ0n) is 17.9. The second kappa shape index (κ2) is 9.20. The van der Waals surface area contributed by atoms with Gasteiger partial charge in [0, 0.05) is 24.9 Å². The van der Waals surface area contributed by atoms with Crippen LogP contribution in [0, 0.1) is 16.0 Å². The molecule has 1 atom stereocenters. The van der Waals surface area contributed by atoms with E-state index in [4.69, 9.17) is 9.47 Å². The van der Waals surface area contributed by atoms with Crippen molar-refractivity contribution in [3.63, 3.8) is 0 Å². The summed E-state index contributed by atoms with van der Waals surface area (Å²) in [7, 11) is -3.58. The predicted octanol–water partition coefficient (Wildman–Crippen LogP) is 3.40. The van der Waals surface area contributed by atoms with Gasteiger partial charge in [-0.15, -0.1) is 0 Å². The molecule has 1 amide bonds. The van der Waals surface area contributed by atoms with E-state index >= 15 is 0 Å². The number of ether oxygens (including phenoxy) is 2. The highest BCUT2D eigenvalue weighted by atomic mass is 32.2. The number of piperidine rings is 1. The number of nitro groups is 1. The van der Waals surface area contributed by atoms with Crippen molar-refractivity contribution in [2.75, 3.05) is 25.2 Å². The Bertz CT molecular complexity index is 1210. The lowest BCUT2D eigenvalue weighted by molar-refractivity contribution is -0.385. The summed E-state index contributed by atoms with van der Waals surface area (Å²) < 4.78 is 37.6. The summed E-state index contributed by atoms with van der Waals surface area (Å²) in [5.41, 5.74) is 0.372. The largest absolute Gasteiger partial charge is 0.454 e. The lowest BCUT2D eigenvalue weighted by Crippen LogP contribution is -2.39. The zero-order chi connectivity index (χ0) is 23.6. The van der Waals surface area contributed by atoms with Gasteiger partial charge in [0.15, 0.2) is 11.5 Å². The lowest BCUT2D eigenvalue weighted by atomic mass is 10.0. The number of fused-ring (bicyclic) bond motifs is 1. The van der Waals surface area contributed by atoms with E-state index in [1.165, 1.54) is 46.8 Å². The number of rotatable bonds is 6. The fourth-order valence-electron chi connectivity index (χ4n) is 3.81. The number of anilines is 1. The molecule has 10 nitrogen and oxygen atoms in total. The van der Waals surface area contributed by atoms with Crippen molar-refractivity contribution < 1.29 is 27.6 Å². The first-order valence-corrected chi connectivity index (χ1v) is 11.9. The van der Waals surface area contributed by atoms with E-state index in [-0.39, 0.29) is 28.7 Å². The number of benzene rings is 2. The molecule has 33 heavy (non-hydrogen) atoms. The van der Waals surface area contributed by atoms with Crippen molar-refractivity contribution in [2.24, 2.45) is 5.92 Å². The van der Waals surface area contributed by atoms with Crippen LogP contribution in [0.3, 0.4) is 0 Å². The van der Waals surface area contributed by atoms with Crippen molar-refractivity contribution in [1.29, 1.82) is 0 Å². The lowest BCUT2D eigenvalue weighted by Gasteiger charge is -2.30. The highest BCUT2D eigenvalue weighted by Crippen LogP contribution is 2.38. The second-order valence-corrected chi connectivity index (χ2v) is 9.92. The van der Waals surface area contributed by atoms with E-state index in [1.54, 1.807) is 0 Å². The summed E-state index contributed by atoms with van der Waals surface area (Å²) in [6.07, 6.45) is 4.32. The van der Waals surface area contributed by atoms with Crippen molar-refractivity contribution in [3.05, 3.63) is 58.2 Å². The van der Waals surface area contributed by atoms with Crippen molar-refractivity contribution >= 4 is 33.4 Å². The summed E-state index contributed by atoms with van der Waals surface area (Å²) >= 11 is 0. The van der Waals surface area contributed by atoms with Gasteiger partial charge in [0.05, 0.1) is 21.4 Å². The van der Waals surface area contributed by atoms with E-state index in [0.717, 1.165) is 18.9 Å². The maximum Gasteiger partial charge on any atom is 0.280 e. The highest BCUT2D eigenvalue weighted by Gasteiger charge is 2.28. The van der Waals surface area contributed by atoms with Gasteiger partial charge in [0.2, 0.25) is 22.7 Å². The van der Waals surface area contributed by atoms with Crippen molar-refractivity contribution in [2.45, 2.75) is 24.7 Å². The first-order chi connectivity index (χ1) is 15.7. The molecule has 2 aliphatic rings. The van der Waals surface area contributed by atoms with Gasteiger partial charge in [0.1, 0.15) is 0 Å². The molecule has 2 aliphatic heterocycles. The summed E-state index contributed by atoms with van der Waals surface area (Å²) in [6, 6.07) is 8.62. The maximum absolute atomic E-state index is 12.8. The van der Waals surface area contributed by atoms with Crippen LogP contribution in [-0.4, -0.2) is 43.4 Å². The molecule has 0 aliphatic carbocycles. The number of amides is 1. The Balaban J connectivity index is 1.44. The summed E-state index contributed by atoms with van der Waals surface area (Å²) in [4.78, 5) is 23.2. The Morgan fingerprint density at radius 3 is 2.58 bits per heavy atom. The van der Waals surface area contributed by atoms with Gasteiger partial charge in [-0.1, -0.05) is 6.92 Å². The van der Waals surface area contributed by atoms with E-state index in [1.807, 2.05) is 6.92 Å². The van der Waals surface area contributed by atoms with Crippen LogP contribution in [0.25, 0.3) is 6.08 Å². The van der Waals surface area contributed by atoms with Crippen LogP contribution >= 0.6 is 0 Å². The number of carbonyl (C=O) groups is 1. The van der Waals surface area contributed by atoms with Gasteiger partial charge in [-0.3, -0.25) is 14.9 Å². The Hall–Kier alpha value is -3.44. The predicted molar refractivity (Wildman–Crippen MR) is 120 cm³/mol. The van der Waals surface area contributed by atoms with Crippen LogP contribution in [0.5, 0.6) is 11.5 Å². The van der Waals surface area contributed by atoms with Crippen molar-refractivity contribution in [3.8, 4) is 11.5 Å². The number of sulfonamides is 1. The molecule has 0 radical (unpaired) electrons. The van der Waals surface area contributed by atoms with Crippen LogP contribution < -0.4 is 14.8 Å². The molecule has 1 N–H and O–H groups in total. The Morgan fingerprint density at radius 1 is 1.21 bits per heavy atom. The van der Waals surface area contributed by atoms with Gasteiger partial charge >= 0.3 is 0 Å². The summed E-state index contributed by atoms with van der Waals surface area (Å²) in [5.74, 6) is 0.430. The second-order valence-electron chi connectivity index (χ2n) is 7.98. The molecule has 11 heteroatoms. The molecule has 174 valence electrons. The fraction of sp³-hybridized carbons (Fsp3) is 0.318. The molecule has 0 aromatic heterocycles. The van der Waals surface area contributed by atoms with Crippen LogP contribution in [0.1, 0.15) is 25.3 Å². The topological polar surface area (TPSA) is 128 Å². The molecular weight excluding hydrogens is 450 g/mol. The Kier molecular flexibility index (Phi) is 6.34. The monoisotopic (exact) mass is 473 g/mol. The molecule has 0 spiro atoms. The van der Waals surface area contributed by atoms with Crippen LogP contribution in [0.2, 0.25) is 0 Å². The molecule has 1 unspecified atom stereocenters.